The molecule has 3 fully saturated rings. The number of amides is 4. The lowest BCUT2D eigenvalue weighted by molar-refractivity contribution is -0.155. The zero-order chi connectivity index (χ0) is 51.8. The third-order valence-electron chi connectivity index (χ3n) is 11.0. The van der Waals surface area contributed by atoms with Crippen LogP contribution in [0.3, 0.4) is 0 Å². The van der Waals surface area contributed by atoms with Gasteiger partial charge >= 0.3 is 30.3 Å². The van der Waals surface area contributed by atoms with Gasteiger partial charge in [-0.25, -0.2) is 19.2 Å². The van der Waals surface area contributed by atoms with Gasteiger partial charge in [0.15, 0.2) is 0 Å². The number of hydrogen-bond donors (Lipinski definition) is 4. The molecule has 0 bridgehead atoms. The van der Waals surface area contributed by atoms with Crippen LogP contribution in [0.2, 0.25) is 0 Å². The van der Waals surface area contributed by atoms with Crippen LogP contribution in [0.1, 0.15) is 49.4 Å². The Morgan fingerprint density at radius 3 is 1.53 bits per heavy atom. The summed E-state index contributed by atoms with van der Waals surface area (Å²) in [5, 5.41) is 21.0. The highest BCUT2D eigenvalue weighted by Crippen LogP contribution is 2.25. The van der Waals surface area contributed by atoms with Gasteiger partial charge in [-0.05, 0) is 80.4 Å². The SMILES string of the molecule is CC(C)(C)OC(=O)CCN1CCN(CC2CN(c3ccc(C(=N)NC(=O)OCc4ccccc4)cc3)C(=O)O2)CC1.CS(=O)(=O)OCC1CN(c2ccc(C(=N)NC(=O)OCc3ccccc3)cc2)C(=O)O1. The van der Waals surface area contributed by atoms with Gasteiger partial charge in [0.05, 0.1) is 25.8 Å². The Morgan fingerprint density at radius 2 is 1.08 bits per heavy atom. The highest BCUT2D eigenvalue weighted by atomic mass is 32.2. The fourth-order valence-corrected chi connectivity index (χ4v) is 7.85. The number of alkyl carbamates (subject to hydrolysis) is 2. The third kappa shape index (κ3) is 17.5. The maximum absolute atomic E-state index is 12.6. The fraction of sp³-hybridized carbons (Fsp3) is 0.380. The number of piperazine rings is 1. The minimum Gasteiger partial charge on any atom is -0.460 e. The van der Waals surface area contributed by atoms with Crippen molar-refractivity contribution in [3.05, 3.63) is 131 Å². The van der Waals surface area contributed by atoms with Crippen molar-refractivity contribution in [3.8, 4) is 0 Å². The van der Waals surface area contributed by atoms with Crippen LogP contribution in [0, 0.1) is 10.8 Å². The number of nitrogens with zero attached hydrogens (tertiary/aromatic N) is 4. The van der Waals surface area contributed by atoms with Crippen LogP contribution >= 0.6 is 0 Å². The Labute approximate surface area is 418 Å². The molecule has 3 heterocycles. The predicted molar refractivity (Wildman–Crippen MR) is 265 cm³/mol. The summed E-state index contributed by atoms with van der Waals surface area (Å²) in [4.78, 5) is 68.0. The first-order chi connectivity index (χ1) is 34.3. The Bertz CT molecular complexity index is 2630. The zero-order valence-corrected chi connectivity index (χ0v) is 41.4. The van der Waals surface area contributed by atoms with Crippen molar-refractivity contribution in [1.82, 2.24) is 20.4 Å². The van der Waals surface area contributed by atoms with E-state index in [2.05, 4.69) is 24.6 Å². The van der Waals surface area contributed by atoms with Crippen molar-refractivity contribution in [2.75, 3.05) is 75.0 Å². The standard InChI is InChI=1S/C30H39N5O6.C20H21N3O7S/c1-30(2,3)41-26(36)13-14-33-15-17-34(18-16-33)19-25-20-35(29(38)40-25)24-11-9-23(10-12-24)27(31)32-28(37)39-21-22-7-5-4-6-8-22;1-31(26,27)29-13-17-11-23(20(25)30-17)16-9-7-15(8-10-16)18(21)22-19(24)28-12-14-5-3-2-4-6-14/h4-12,25H,13-21H2,1-3H3,(H2,31,32,37);2-10,17H,11-13H2,1H3,(H2,21,22,24). The van der Waals surface area contributed by atoms with Gasteiger partial charge in [-0.15, -0.1) is 0 Å². The van der Waals surface area contributed by atoms with Crippen molar-refractivity contribution in [2.45, 2.75) is 58.2 Å². The van der Waals surface area contributed by atoms with E-state index in [1.807, 2.05) is 81.4 Å². The van der Waals surface area contributed by atoms with Gasteiger partial charge < -0.3 is 28.6 Å². The predicted octanol–water partition coefficient (Wildman–Crippen LogP) is 5.85. The smallest absolute Gasteiger partial charge is 0.414 e. The molecule has 4 N–H and O–H groups in total. The maximum atomic E-state index is 12.6. The highest BCUT2D eigenvalue weighted by Gasteiger charge is 2.35. The van der Waals surface area contributed by atoms with E-state index >= 15 is 0 Å². The lowest BCUT2D eigenvalue weighted by Gasteiger charge is -2.35. The first-order valence-corrected chi connectivity index (χ1v) is 24.9. The largest absolute Gasteiger partial charge is 0.460 e. The highest BCUT2D eigenvalue weighted by molar-refractivity contribution is 7.86. The summed E-state index contributed by atoms with van der Waals surface area (Å²) in [6.07, 6.45) is -2.19. The number of carbonyl (C=O) groups excluding carboxylic acids is 5. The van der Waals surface area contributed by atoms with Crippen LogP contribution in [-0.2, 0) is 56.0 Å². The molecule has 0 saturated carbocycles. The van der Waals surface area contributed by atoms with Gasteiger partial charge in [0.2, 0.25) is 0 Å². The van der Waals surface area contributed by atoms with Crippen LogP contribution < -0.4 is 20.4 Å². The van der Waals surface area contributed by atoms with E-state index in [4.69, 9.17) is 34.5 Å². The molecular weight excluding hydrogens is 953 g/mol. The molecule has 21 nitrogen and oxygen atoms in total. The summed E-state index contributed by atoms with van der Waals surface area (Å²) in [7, 11) is -3.63. The zero-order valence-electron chi connectivity index (χ0n) is 40.5. The minimum absolute atomic E-state index is 0.0835. The average molecular weight is 1010 g/mol. The molecule has 4 aromatic carbocycles. The molecule has 0 aromatic heterocycles. The summed E-state index contributed by atoms with van der Waals surface area (Å²) >= 11 is 0. The first-order valence-electron chi connectivity index (χ1n) is 23.1. The summed E-state index contributed by atoms with van der Waals surface area (Å²) in [6.45, 7) is 10.8. The summed E-state index contributed by atoms with van der Waals surface area (Å²) in [6, 6.07) is 31.5. The molecule has 3 saturated heterocycles. The number of carbonyl (C=O) groups is 5. The number of esters is 1. The normalized spacial score (nSPS) is 17.2. The number of hydrogen-bond acceptors (Lipinski definition) is 17. The van der Waals surface area contributed by atoms with Crippen LogP contribution in [-0.4, -0.2) is 143 Å². The molecule has 0 radical (unpaired) electrons. The van der Waals surface area contributed by atoms with E-state index in [1.54, 1.807) is 53.4 Å². The molecule has 2 atom stereocenters. The van der Waals surface area contributed by atoms with Crippen molar-refractivity contribution >= 4 is 63.5 Å². The summed E-state index contributed by atoms with van der Waals surface area (Å²) in [5.41, 5.74) is 3.26. The Balaban J connectivity index is 0.000000245. The van der Waals surface area contributed by atoms with Crippen molar-refractivity contribution in [2.24, 2.45) is 0 Å². The fourth-order valence-electron chi connectivity index (χ4n) is 7.45. The number of amidine groups is 2. The van der Waals surface area contributed by atoms with Crippen molar-refractivity contribution in [1.29, 1.82) is 10.8 Å². The van der Waals surface area contributed by atoms with Gasteiger partial charge in [-0.2, -0.15) is 8.42 Å². The summed E-state index contributed by atoms with van der Waals surface area (Å²) in [5.74, 6) is -0.435. The Morgan fingerprint density at radius 1 is 0.653 bits per heavy atom. The molecule has 3 aliphatic heterocycles. The second-order valence-corrected chi connectivity index (χ2v) is 19.6. The van der Waals surface area contributed by atoms with Crippen molar-refractivity contribution < 1.29 is 60.3 Å². The van der Waals surface area contributed by atoms with Gasteiger partial charge in [0, 0.05) is 61.8 Å². The Hall–Kier alpha value is -7.40. The number of ether oxygens (including phenoxy) is 5. The van der Waals surface area contributed by atoms with Gasteiger partial charge in [0.25, 0.3) is 10.1 Å². The quantitative estimate of drug-likeness (QED) is 0.0337. The topological polar surface area (TPSA) is 260 Å². The second kappa shape index (κ2) is 25.1. The molecule has 4 aromatic rings. The average Bonchev–Trinajstić information content (AvgIpc) is 3.92. The van der Waals surface area contributed by atoms with Crippen LogP contribution in [0.4, 0.5) is 30.6 Å². The molecule has 22 heteroatoms. The number of nitrogens with one attached hydrogen (secondary N) is 4. The van der Waals surface area contributed by atoms with Gasteiger partial charge in [-0.1, -0.05) is 60.7 Å². The minimum atomic E-state index is -3.63. The van der Waals surface area contributed by atoms with Crippen LogP contribution in [0.5, 0.6) is 0 Å². The third-order valence-corrected chi connectivity index (χ3v) is 11.6. The van der Waals surface area contributed by atoms with E-state index in [0.717, 1.165) is 43.6 Å². The lowest BCUT2D eigenvalue weighted by Crippen LogP contribution is -2.49. The second-order valence-electron chi connectivity index (χ2n) is 17.9. The van der Waals surface area contributed by atoms with E-state index in [0.29, 0.717) is 48.6 Å². The number of cyclic esters (lactones) is 2. The molecule has 384 valence electrons. The molecule has 3 aliphatic rings. The molecule has 72 heavy (non-hydrogen) atoms. The molecule has 0 spiro atoms. The van der Waals surface area contributed by atoms with Gasteiger partial charge in [0.1, 0.15) is 49.3 Å². The van der Waals surface area contributed by atoms with Crippen molar-refractivity contribution in [3.63, 3.8) is 0 Å². The monoisotopic (exact) mass is 1010 g/mol. The van der Waals surface area contributed by atoms with E-state index in [-0.39, 0.29) is 50.1 Å². The first kappa shape index (κ1) is 53.9. The number of benzene rings is 4. The van der Waals surface area contributed by atoms with E-state index < -0.39 is 46.2 Å². The van der Waals surface area contributed by atoms with Gasteiger partial charge in [-0.3, -0.25) is 45.1 Å². The van der Waals surface area contributed by atoms with Crippen LogP contribution in [0.15, 0.2) is 109 Å². The molecule has 0 aliphatic carbocycles. The number of anilines is 2. The molecule has 4 amide bonds. The maximum Gasteiger partial charge on any atom is 0.414 e. The molecule has 2 unspecified atom stereocenters. The number of rotatable bonds is 16. The lowest BCUT2D eigenvalue weighted by atomic mass is 10.1. The molecular formula is C50H60N8O13S. The molecule has 7 rings (SSSR count). The van der Waals surface area contributed by atoms with E-state index in [9.17, 15) is 32.4 Å². The van der Waals surface area contributed by atoms with Crippen LogP contribution in [0.25, 0.3) is 0 Å². The van der Waals surface area contributed by atoms with E-state index in [1.165, 1.54) is 4.90 Å². The summed E-state index contributed by atoms with van der Waals surface area (Å²) < 4.78 is 53.2. The Kier molecular flexibility index (Phi) is 18.8.